The van der Waals surface area contributed by atoms with Crippen molar-refractivity contribution in [2.45, 2.75) is 13.5 Å². The van der Waals surface area contributed by atoms with Crippen LogP contribution in [0.25, 0.3) is 0 Å². The summed E-state index contributed by atoms with van der Waals surface area (Å²) in [6.45, 7) is 1.91. The van der Waals surface area contributed by atoms with Gasteiger partial charge in [-0.05, 0) is 30.7 Å². The molecular weight excluding hydrogens is 394 g/mol. The van der Waals surface area contributed by atoms with E-state index in [2.05, 4.69) is 0 Å². The highest BCUT2D eigenvalue weighted by Gasteiger charge is 2.20. The van der Waals surface area contributed by atoms with Crippen molar-refractivity contribution in [2.75, 3.05) is 33.1 Å². The second-order valence-corrected chi connectivity index (χ2v) is 6.20. The third-order valence-corrected chi connectivity index (χ3v) is 4.35. The molecule has 10 nitrogen and oxygen atoms in total. The highest BCUT2D eigenvalue weighted by molar-refractivity contribution is 5.97. The maximum atomic E-state index is 12.5. The number of nitro benzene ring substituents is 1. The number of nitrogens with two attached hydrogens (primary N) is 1. The van der Waals surface area contributed by atoms with Crippen LogP contribution in [0.15, 0.2) is 36.4 Å². The van der Waals surface area contributed by atoms with E-state index in [4.69, 9.17) is 19.9 Å². The van der Waals surface area contributed by atoms with E-state index in [0.717, 1.165) is 11.6 Å². The van der Waals surface area contributed by atoms with E-state index >= 15 is 0 Å². The Balaban J connectivity index is 2.05. The average molecular weight is 417 g/mol. The molecule has 0 radical (unpaired) electrons. The van der Waals surface area contributed by atoms with Crippen LogP contribution in [0.3, 0.4) is 0 Å². The zero-order chi connectivity index (χ0) is 22.3. The lowest BCUT2D eigenvalue weighted by atomic mass is 10.1. The number of hydrogen-bond acceptors (Lipinski definition) is 8. The summed E-state index contributed by atoms with van der Waals surface area (Å²) in [5, 5.41) is 10.9. The molecule has 0 aliphatic carbocycles. The van der Waals surface area contributed by atoms with Gasteiger partial charge in [-0.3, -0.25) is 14.9 Å². The second-order valence-electron chi connectivity index (χ2n) is 6.20. The number of methoxy groups -OCH3 is 2. The van der Waals surface area contributed by atoms with Crippen LogP contribution < -0.4 is 15.2 Å². The van der Waals surface area contributed by atoms with Gasteiger partial charge in [0.2, 0.25) is 0 Å². The van der Waals surface area contributed by atoms with Crippen molar-refractivity contribution < 1.29 is 28.7 Å². The number of ether oxygens (including phenoxy) is 3. The second kappa shape index (κ2) is 10.1. The molecule has 0 unspecified atom stereocenters. The molecule has 160 valence electrons. The Labute approximate surface area is 173 Å². The summed E-state index contributed by atoms with van der Waals surface area (Å²) in [4.78, 5) is 36.5. The summed E-state index contributed by atoms with van der Waals surface area (Å²) in [6.07, 6.45) is 0. The molecule has 2 rings (SSSR count). The molecule has 0 saturated heterocycles. The highest BCUT2D eigenvalue weighted by atomic mass is 16.6. The maximum Gasteiger partial charge on any atom is 0.341 e. The molecule has 0 bridgehead atoms. The van der Waals surface area contributed by atoms with E-state index in [1.54, 1.807) is 25.1 Å². The molecule has 0 aromatic heterocycles. The van der Waals surface area contributed by atoms with Crippen molar-refractivity contribution >= 4 is 23.3 Å². The summed E-state index contributed by atoms with van der Waals surface area (Å²) < 4.78 is 15.5. The van der Waals surface area contributed by atoms with E-state index in [9.17, 15) is 19.7 Å². The number of amides is 1. The minimum atomic E-state index is -0.910. The van der Waals surface area contributed by atoms with Gasteiger partial charge in [0.05, 0.1) is 24.7 Å². The maximum absolute atomic E-state index is 12.5. The predicted octanol–water partition coefficient (Wildman–Crippen LogP) is 2.40. The van der Waals surface area contributed by atoms with E-state index < -0.39 is 23.4 Å². The van der Waals surface area contributed by atoms with Crippen molar-refractivity contribution in [3.8, 4) is 11.5 Å². The molecule has 0 spiro atoms. The first-order valence-corrected chi connectivity index (χ1v) is 9.00. The Morgan fingerprint density at radius 1 is 1.10 bits per heavy atom. The first-order chi connectivity index (χ1) is 14.3. The van der Waals surface area contributed by atoms with E-state index in [1.165, 1.54) is 31.3 Å². The molecule has 0 saturated carbocycles. The largest absolute Gasteiger partial charge is 0.493 e. The number of anilines is 1. The normalized spacial score (nSPS) is 10.2. The predicted molar refractivity (Wildman–Crippen MR) is 108 cm³/mol. The molecule has 0 aliphatic rings. The number of nitrogen functional groups attached to an aromatic ring is 1. The van der Waals surface area contributed by atoms with Gasteiger partial charge in [-0.25, -0.2) is 4.79 Å². The van der Waals surface area contributed by atoms with Gasteiger partial charge in [0.1, 0.15) is 0 Å². The number of hydrogen-bond donors (Lipinski definition) is 1. The van der Waals surface area contributed by atoms with Gasteiger partial charge in [0, 0.05) is 30.9 Å². The Kier molecular flexibility index (Phi) is 7.56. The molecule has 2 N–H and O–H groups in total. The zero-order valence-corrected chi connectivity index (χ0v) is 16.9. The molecule has 10 heteroatoms. The first-order valence-electron chi connectivity index (χ1n) is 9.00. The number of benzene rings is 2. The molecule has 2 aromatic rings. The number of non-ortho nitro benzene ring substituents is 1. The van der Waals surface area contributed by atoms with Crippen LogP contribution in [0.2, 0.25) is 0 Å². The lowest BCUT2D eigenvalue weighted by Gasteiger charge is -2.21. The number of nitro groups is 1. The van der Waals surface area contributed by atoms with Crippen LogP contribution in [0.1, 0.15) is 22.8 Å². The zero-order valence-electron chi connectivity index (χ0n) is 16.9. The third-order valence-electron chi connectivity index (χ3n) is 4.35. The van der Waals surface area contributed by atoms with E-state index in [-0.39, 0.29) is 23.5 Å². The van der Waals surface area contributed by atoms with Crippen LogP contribution in [0.5, 0.6) is 11.5 Å². The van der Waals surface area contributed by atoms with Gasteiger partial charge in [0.15, 0.2) is 18.1 Å². The van der Waals surface area contributed by atoms with Crippen LogP contribution >= 0.6 is 0 Å². The molecule has 1 amide bonds. The average Bonchev–Trinajstić information content (AvgIpc) is 2.75. The van der Waals surface area contributed by atoms with Crippen LogP contribution in [0.4, 0.5) is 11.4 Å². The van der Waals surface area contributed by atoms with Crippen molar-refractivity contribution in [1.29, 1.82) is 0 Å². The van der Waals surface area contributed by atoms with Crippen molar-refractivity contribution in [3.05, 3.63) is 57.6 Å². The number of carbonyl (C=O) groups excluding carboxylic acids is 2. The smallest absolute Gasteiger partial charge is 0.341 e. The standard InChI is InChI=1S/C20H23N3O7/c1-4-22(11-13-5-8-17(28-2)18(9-13)29-3)19(24)12-30-20(25)15-10-14(23(26)27)6-7-16(15)21/h5-10H,4,11-12,21H2,1-3H3. The Morgan fingerprint density at radius 2 is 1.80 bits per heavy atom. The first kappa shape index (κ1) is 22.5. The van der Waals surface area contributed by atoms with Crippen molar-refractivity contribution in [3.63, 3.8) is 0 Å². The topological polar surface area (TPSA) is 134 Å². The summed E-state index contributed by atoms with van der Waals surface area (Å²) >= 11 is 0. The van der Waals surface area contributed by atoms with Gasteiger partial charge in [-0.15, -0.1) is 0 Å². The highest BCUT2D eigenvalue weighted by Crippen LogP contribution is 2.28. The molecule has 0 heterocycles. The fourth-order valence-corrected chi connectivity index (χ4v) is 2.71. The monoisotopic (exact) mass is 417 g/mol. The van der Waals surface area contributed by atoms with Gasteiger partial charge >= 0.3 is 5.97 Å². The fraction of sp³-hybridized carbons (Fsp3) is 0.300. The minimum absolute atomic E-state index is 0.0238. The Hall–Kier alpha value is -3.82. The summed E-state index contributed by atoms with van der Waals surface area (Å²) in [5.41, 5.74) is 6.06. The quantitative estimate of drug-likeness (QED) is 0.284. The lowest BCUT2D eigenvalue weighted by Crippen LogP contribution is -2.34. The van der Waals surface area contributed by atoms with E-state index in [0.29, 0.717) is 18.0 Å². The molecule has 0 fully saturated rings. The van der Waals surface area contributed by atoms with Crippen LogP contribution in [-0.2, 0) is 16.1 Å². The summed E-state index contributed by atoms with van der Waals surface area (Å²) in [6, 6.07) is 8.73. The Bertz CT molecular complexity index is 946. The van der Waals surface area contributed by atoms with E-state index in [1.807, 2.05) is 0 Å². The van der Waals surface area contributed by atoms with Gasteiger partial charge in [-0.2, -0.15) is 0 Å². The molecule has 0 aliphatic heterocycles. The fourth-order valence-electron chi connectivity index (χ4n) is 2.71. The van der Waals surface area contributed by atoms with Crippen molar-refractivity contribution in [1.82, 2.24) is 4.90 Å². The summed E-state index contributed by atoms with van der Waals surface area (Å²) in [7, 11) is 3.05. The van der Waals surface area contributed by atoms with Gasteiger partial charge in [-0.1, -0.05) is 6.07 Å². The number of rotatable bonds is 9. The number of likely N-dealkylation sites (N-methyl/N-ethyl adjacent to an activating group) is 1. The molecule has 30 heavy (non-hydrogen) atoms. The number of nitrogens with zero attached hydrogens (tertiary/aromatic N) is 2. The van der Waals surface area contributed by atoms with Gasteiger partial charge < -0.3 is 24.8 Å². The van der Waals surface area contributed by atoms with Gasteiger partial charge in [0.25, 0.3) is 11.6 Å². The third kappa shape index (κ3) is 5.37. The Morgan fingerprint density at radius 3 is 2.40 bits per heavy atom. The van der Waals surface area contributed by atoms with Crippen LogP contribution in [-0.4, -0.2) is 49.1 Å². The SMILES string of the molecule is CCN(Cc1ccc(OC)c(OC)c1)C(=O)COC(=O)c1cc([N+](=O)[O-])ccc1N. The van der Waals surface area contributed by atoms with Crippen molar-refractivity contribution in [2.24, 2.45) is 0 Å². The van der Waals surface area contributed by atoms with Crippen LogP contribution in [0, 0.1) is 10.1 Å². The molecule has 2 aromatic carbocycles. The lowest BCUT2D eigenvalue weighted by molar-refractivity contribution is -0.384. The number of carbonyl (C=O) groups is 2. The summed E-state index contributed by atoms with van der Waals surface area (Å²) in [5.74, 6) is -0.235. The minimum Gasteiger partial charge on any atom is -0.493 e. The number of esters is 1. The molecule has 0 atom stereocenters. The molecular formula is C20H23N3O7.